The van der Waals surface area contributed by atoms with Crippen molar-refractivity contribution in [1.82, 2.24) is 10.3 Å². The number of para-hydroxylation sites is 1. The van der Waals surface area contributed by atoms with E-state index in [1.54, 1.807) is 35.7 Å². The van der Waals surface area contributed by atoms with E-state index in [1.165, 1.54) is 34.9 Å². The molecule has 1 fully saturated rings. The van der Waals surface area contributed by atoms with Gasteiger partial charge >= 0.3 is 0 Å². The zero-order valence-electron chi connectivity index (χ0n) is 15.7. The van der Waals surface area contributed by atoms with Crippen molar-refractivity contribution in [2.45, 2.75) is 6.92 Å². The van der Waals surface area contributed by atoms with Crippen molar-refractivity contribution < 1.29 is 9.59 Å². The first-order valence-electron chi connectivity index (χ1n) is 8.86. The van der Waals surface area contributed by atoms with Crippen LogP contribution < -0.4 is 10.2 Å². The van der Waals surface area contributed by atoms with Crippen LogP contribution in [0.2, 0.25) is 5.02 Å². The number of aromatic nitrogens is 1. The van der Waals surface area contributed by atoms with Crippen LogP contribution in [0.3, 0.4) is 0 Å². The number of nitrogens with one attached hydrogen (secondary N) is 1. The molecule has 1 N–H and O–H groups in total. The molecule has 6 nitrogen and oxygen atoms in total. The predicted molar refractivity (Wildman–Crippen MR) is 124 cm³/mol. The Balaban J connectivity index is 1.58. The number of amidine groups is 1. The van der Waals surface area contributed by atoms with Crippen molar-refractivity contribution in [2.75, 3.05) is 4.90 Å². The predicted octanol–water partition coefficient (Wildman–Crippen LogP) is 5.37. The summed E-state index contributed by atoms with van der Waals surface area (Å²) in [4.78, 5) is 35.4. The van der Waals surface area contributed by atoms with Gasteiger partial charge in [-0.3, -0.25) is 14.5 Å². The number of rotatable bonds is 4. The molecule has 2 heterocycles. The summed E-state index contributed by atoms with van der Waals surface area (Å²) in [6.07, 6.45) is 1.68. The SMILES string of the molecule is CC(=O)N(c1cccc(Cl)c1)c1nc(/C=C2\SC(=Nc3ccccc3)NC2=O)cs1. The van der Waals surface area contributed by atoms with Gasteiger partial charge in [0.15, 0.2) is 10.3 Å². The second-order valence-electron chi connectivity index (χ2n) is 6.21. The second-order valence-corrected chi connectivity index (χ2v) is 8.51. The molecule has 0 saturated carbocycles. The van der Waals surface area contributed by atoms with Crippen molar-refractivity contribution in [3.05, 3.63) is 75.6 Å². The summed E-state index contributed by atoms with van der Waals surface area (Å²) in [5.41, 5.74) is 1.98. The Bertz CT molecular complexity index is 1170. The first-order chi connectivity index (χ1) is 14.5. The zero-order valence-corrected chi connectivity index (χ0v) is 18.1. The number of carbonyl (C=O) groups is 2. The van der Waals surface area contributed by atoms with E-state index < -0.39 is 0 Å². The number of nitrogens with zero attached hydrogens (tertiary/aromatic N) is 3. The maximum absolute atomic E-state index is 12.3. The highest BCUT2D eigenvalue weighted by atomic mass is 35.5. The monoisotopic (exact) mass is 454 g/mol. The van der Waals surface area contributed by atoms with Crippen LogP contribution in [-0.4, -0.2) is 22.0 Å². The van der Waals surface area contributed by atoms with Crippen molar-refractivity contribution in [3.63, 3.8) is 0 Å². The molecule has 3 aromatic rings. The molecule has 30 heavy (non-hydrogen) atoms. The average molecular weight is 455 g/mol. The van der Waals surface area contributed by atoms with Crippen LogP contribution >= 0.6 is 34.7 Å². The van der Waals surface area contributed by atoms with Gasteiger partial charge in [-0.15, -0.1) is 11.3 Å². The number of hydrogen-bond acceptors (Lipinski definition) is 6. The van der Waals surface area contributed by atoms with Crippen LogP contribution in [0.15, 0.2) is 69.9 Å². The summed E-state index contributed by atoms with van der Waals surface area (Å²) in [6.45, 7) is 1.47. The number of anilines is 2. The third-order valence-corrected chi connectivity index (χ3v) is 5.99. The quantitative estimate of drug-likeness (QED) is 0.537. The molecule has 2 aromatic carbocycles. The highest BCUT2D eigenvalue weighted by Gasteiger charge is 2.25. The number of hydrogen-bond donors (Lipinski definition) is 1. The molecule has 0 aliphatic carbocycles. The maximum atomic E-state index is 12.3. The highest BCUT2D eigenvalue weighted by molar-refractivity contribution is 8.18. The molecule has 1 aromatic heterocycles. The minimum atomic E-state index is -0.234. The Kier molecular flexibility index (Phi) is 5.98. The standard InChI is InChI=1S/C21H15ClN4O2S2/c1-13(27)26(17-9-5-6-14(22)10-17)21-24-16(12-29-21)11-18-19(28)25-20(30-18)23-15-7-3-2-4-8-15/h2-12H,1H3,(H,23,25,28)/b18-11-. The lowest BCUT2D eigenvalue weighted by Gasteiger charge is -2.18. The fourth-order valence-electron chi connectivity index (χ4n) is 2.72. The number of benzene rings is 2. The van der Waals surface area contributed by atoms with Crippen molar-refractivity contribution in [2.24, 2.45) is 4.99 Å². The second kappa shape index (κ2) is 8.83. The number of amides is 2. The lowest BCUT2D eigenvalue weighted by molar-refractivity contribution is -0.116. The van der Waals surface area contributed by atoms with Gasteiger partial charge in [0.1, 0.15) is 0 Å². The number of aliphatic imine (C=N–C) groups is 1. The number of thioether (sulfide) groups is 1. The highest BCUT2D eigenvalue weighted by Crippen LogP contribution is 2.33. The molecule has 1 saturated heterocycles. The molecule has 4 rings (SSSR count). The van der Waals surface area contributed by atoms with Gasteiger partial charge in [-0.05, 0) is 48.2 Å². The molecular weight excluding hydrogens is 440 g/mol. The molecule has 0 spiro atoms. The van der Waals surface area contributed by atoms with E-state index in [4.69, 9.17) is 11.6 Å². The Labute approximate surface area is 186 Å². The van der Waals surface area contributed by atoms with Gasteiger partial charge in [0.05, 0.1) is 22.0 Å². The summed E-state index contributed by atoms with van der Waals surface area (Å²) >= 11 is 8.62. The summed E-state index contributed by atoms with van der Waals surface area (Å²) < 4.78 is 0. The Morgan fingerprint density at radius 3 is 2.73 bits per heavy atom. The molecule has 1 aliphatic rings. The number of carbonyl (C=O) groups excluding carboxylic acids is 2. The topological polar surface area (TPSA) is 74.7 Å². The third kappa shape index (κ3) is 4.62. The summed E-state index contributed by atoms with van der Waals surface area (Å²) in [6, 6.07) is 16.4. The lowest BCUT2D eigenvalue weighted by Crippen LogP contribution is -2.22. The van der Waals surface area contributed by atoms with Crippen molar-refractivity contribution >= 4 is 74.3 Å². The maximum Gasteiger partial charge on any atom is 0.264 e. The number of halogens is 1. The minimum Gasteiger partial charge on any atom is -0.300 e. The van der Waals surface area contributed by atoms with E-state index in [-0.39, 0.29) is 11.8 Å². The first-order valence-corrected chi connectivity index (χ1v) is 10.9. The van der Waals surface area contributed by atoms with Crippen LogP contribution in [0.4, 0.5) is 16.5 Å². The molecule has 0 radical (unpaired) electrons. The van der Waals surface area contributed by atoms with Gasteiger partial charge in [0.2, 0.25) is 5.91 Å². The zero-order chi connectivity index (χ0) is 21.1. The van der Waals surface area contributed by atoms with E-state index in [9.17, 15) is 9.59 Å². The normalized spacial score (nSPS) is 16.1. The fraction of sp³-hybridized carbons (Fsp3) is 0.0476. The van der Waals surface area contributed by atoms with Crippen molar-refractivity contribution in [1.29, 1.82) is 0 Å². The molecule has 0 unspecified atom stereocenters. The molecule has 150 valence electrons. The van der Waals surface area contributed by atoms with E-state index >= 15 is 0 Å². The minimum absolute atomic E-state index is 0.184. The molecule has 0 atom stereocenters. The van der Waals surface area contributed by atoms with Gasteiger partial charge in [0.25, 0.3) is 5.91 Å². The van der Waals surface area contributed by atoms with Crippen LogP contribution in [0.5, 0.6) is 0 Å². The summed E-state index contributed by atoms with van der Waals surface area (Å²) in [7, 11) is 0. The summed E-state index contributed by atoms with van der Waals surface area (Å²) in [5.74, 6) is -0.418. The van der Waals surface area contributed by atoms with E-state index in [0.717, 1.165) is 5.69 Å². The molecule has 2 amide bonds. The van der Waals surface area contributed by atoms with Gasteiger partial charge in [0, 0.05) is 17.3 Å². The molecule has 0 bridgehead atoms. The van der Waals surface area contributed by atoms with Gasteiger partial charge < -0.3 is 5.32 Å². The Morgan fingerprint density at radius 1 is 1.20 bits per heavy atom. The van der Waals surface area contributed by atoms with Crippen LogP contribution in [0.1, 0.15) is 12.6 Å². The van der Waals surface area contributed by atoms with Gasteiger partial charge in [-0.25, -0.2) is 9.98 Å². The smallest absolute Gasteiger partial charge is 0.264 e. The lowest BCUT2D eigenvalue weighted by atomic mass is 10.3. The Morgan fingerprint density at radius 2 is 2.00 bits per heavy atom. The molecular formula is C21H15ClN4O2S2. The van der Waals surface area contributed by atoms with E-state index in [1.807, 2.05) is 30.3 Å². The van der Waals surface area contributed by atoms with E-state index in [0.29, 0.717) is 31.6 Å². The van der Waals surface area contributed by atoms with Crippen molar-refractivity contribution in [3.8, 4) is 0 Å². The van der Waals surface area contributed by atoms with Crippen LogP contribution in [-0.2, 0) is 9.59 Å². The van der Waals surface area contributed by atoms with Gasteiger partial charge in [-0.2, -0.15) is 0 Å². The first kappa shape index (κ1) is 20.3. The third-order valence-electron chi connectivity index (χ3n) is 4.00. The van der Waals surface area contributed by atoms with Gasteiger partial charge in [-0.1, -0.05) is 35.9 Å². The Hall–Kier alpha value is -2.94. The molecule has 9 heteroatoms. The molecule has 1 aliphatic heterocycles. The fourth-order valence-corrected chi connectivity index (χ4v) is 4.58. The van der Waals surface area contributed by atoms with Crippen LogP contribution in [0, 0.1) is 0 Å². The summed E-state index contributed by atoms with van der Waals surface area (Å²) in [5, 5.41) is 6.09. The average Bonchev–Trinajstić information content (AvgIpc) is 3.29. The number of thiazole rings is 1. The largest absolute Gasteiger partial charge is 0.300 e. The van der Waals surface area contributed by atoms with E-state index in [2.05, 4.69) is 15.3 Å². The van der Waals surface area contributed by atoms with Crippen LogP contribution in [0.25, 0.3) is 6.08 Å².